The zero-order valence-corrected chi connectivity index (χ0v) is 11.0. The van der Waals surface area contributed by atoms with Crippen LogP contribution < -0.4 is 5.73 Å². The van der Waals surface area contributed by atoms with Crippen LogP contribution in [-0.2, 0) is 6.42 Å². The van der Waals surface area contributed by atoms with Crippen molar-refractivity contribution in [1.82, 2.24) is 4.90 Å². The van der Waals surface area contributed by atoms with Gasteiger partial charge in [-0.1, -0.05) is 6.92 Å². The number of rotatable bonds is 5. The molecule has 0 bridgehead atoms. The minimum Gasteiger partial charge on any atom is -0.469 e. The molecule has 0 amide bonds. The van der Waals surface area contributed by atoms with Gasteiger partial charge in [0.05, 0.1) is 6.26 Å². The van der Waals surface area contributed by atoms with Crippen molar-refractivity contribution in [3.8, 4) is 0 Å². The lowest BCUT2D eigenvalue weighted by molar-refractivity contribution is 0.0978. The van der Waals surface area contributed by atoms with Crippen LogP contribution in [0.5, 0.6) is 0 Å². The molecule has 96 valence electrons. The zero-order chi connectivity index (χ0) is 12.3. The molecule has 0 radical (unpaired) electrons. The third-order valence-electron chi connectivity index (χ3n) is 4.34. The Morgan fingerprint density at radius 3 is 2.71 bits per heavy atom. The predicted octanol–water partition coefficient (Wildman–Crippen LogP) is 2.41. The van der Waals surface area contributed by atoms with Gasteiger partial charge in [0.2, 0.25) is 0 Å². The van der Waals surface area contributed by atoms with Crippen LogP contribution >= 0.6 is 0 Å². The van der Waals surface area contributed by atoms with Crippen LogP contribution in [0.2, 0.25) is 0 Å². The Morgan fingerprint density at radius 2 is 2.18 bits per heavy atom. The Bertz CT molecular complexity index is 330. The quantitative estimate of drug-likeness (QED) is 0.853. The molecule has 0 saturated carbocycles. The molecule has 3 heteroatoms. The second kappa shape index (κ2) is 5.23. The number of hydrogen-bond acceptors (Lipinski definition) is 3. The van der Waals surface area contributed by atoms with Gasteiger partial charge in [-0.2, -0.15) is 0 Å². The van der Waals surface area contributed by atoms with Crippen molar-refractivity contribution < 1.29 is 4.42 Å². The summed E-state index contributed by atoms with van der Waals surface area (Å²) in [5, 5.41) is 0. The molecule has 2 atom stereocenters. The molecule has 3 nitrogen and oxygen atoms in total. The Hall–Kier alpha value is -0.800. The van der Waals surface area contributed by atoms with E-state index in [1.165, 1.54) is 25.9 Å². The maximum atomic E-state index is 6.43. The molecule has 2 N–H and O–H groups in total. The van der Waals surface area contributed by atoms with Crippen molar-refractivity contribution in [3.63, 3.8) is 0 Å². The lowest BCUT2D eigenvalue weighted by Gasteiger charge is -2.42. The first-order chi connectivity index (χ1) is 8.16. The standard InChI is InChI=1S/C14H24N2O/c1-3-14(2,16-8-4-5-9-16)13(15)11-12-7-6-10-17-12/h6-7,10,13H,3-5,8-9,11,15H2,1-2H3. The van der Waals surface area contributed by atoms with Gasteiger partial charge in [0.1, 0.15) is 5.76 Å². The Balaban J connectivity index is 2.05. The van der Waals surface area contributed by atoms with E-state index in [0.717, 1.165) is 18.6 Å². The third kappa shape index (κ3) is 2.55. The molecule has 1 aromatic heterocycles. The van der Waals surface area contributed by atoms with Gasteiger partial charge in [-0.25, -0.2) is 0 Å². The van der Waals surface area contributed by atoms with Crippen molar-refractivity contribution in [2.75, 3.05) is 13.1 Å². The maximum Gasteiger partial charge on any atom is 0.105 e. The second-order valence-electron chi connectivity index (χ2n) is 5.29. The minimum atomic E-state index is 0.100. The van der Waals surface area contributed by atoms with E-state index >= 15 is 0 Å². The van der Waals surface area contributed by atoms with Crippen LogP contribution in [0.4, 0.5) is 0 Å². The summed E-state index contributed by atoms with van der Waals surface area (Å²) in [6.45, 7) is 6.92. The number of nitrogens with two attached hydrogens (primary N) is 1. The third-order valence-corrected chi connectivity index (χ3v) is 4.34. The predicted molar refractivity (Wildman–Crippen MR) is 69.9 cm³/mol. The number of furan rings is 1. The Morgan fingerprint density at radius 1 is 1.47 bits per heavy atom. The van der Waals surface area contributed by atoms with Gasteiger partial charge in [0.15, 0.2) is 0 Å². The van der Waals surface area contributed by atoms with Gasteiger partial charge in [-0.15, -0.1) is 0 Å². The lowest BCUT2D eigenvalue weighted by Crippen LogP contribution is -2.57. The van der Waals surface area contributed by atoms with Gasteiger partial charge in [-0.05, 0) is 51.4 Å². The molecule has 2 unspecified atom stereocenters. The average molecular weight is 236 g/mol. The topological polar surface area (TPSA) is 42.4 Å². The highest BCUT2D eigenvalue weighted by Crippen LogP contribution is 2.28. The van der Waals surface area contributed by atoms with E-state index in [1.807, 2.05) is 12.1 Å². The van der Waals surface area contributed by atoms with E-state index in [4.69, 9.17) is 10.2 Å². The van der Waals surface area contributed by atoms with E-state index in [-0.39, 0.29) is 11.6 Å². The molecular formula is C14H24N2O. The van der Waals surface area contributed by atoms with Crippen LogP contribution in [0.3, 0.4) is 0 Å². The summed E-state index contributed by atoms with van der Waals surface area (Å²) >= 11 is 0. The van der Waals surface area contributed by atoms with Crippen LogP contribution in [0.1, 0.15) is 38.9 Å². The van der Waals surface area contributed by atoms with Gasteiger partial charge < -0.3 is 10.2 Å². The van der Waals surface area contributed by atoms with Crippen LogP contribution in [-0.4, -0.2) is 29.6 Å². The molecule has 17 heavy (non-hydrogen) atoms. The van der Waals surface area contributed by atoms with Crippen LogP contribution in [0.15, 0.2) is 22.8 Å². The molecule has 2 rings (SSSR count). The largest absolute Gasteiger partial charge is 0.469 e. The molecule has 0 spiro atoms. The van der Waals surface area contributed by atoms with Gasteiger partial charge >= 0.3 is 0 Å². The molecule has 1 aliphatic rings. The summed E-state index contributed by atoms with van der Waals surface area (Å²) in [5.41, 5.74) is 6.53. The highest BCUT2D eigenvalue weighted by Gasteiger charge is 2.37. The zero-order valence-electron chi connectivity index (χ0n) is 11.0. The molecule has 1 aliphatic heterocycles. The van der Waals surface area contributed by atoms with Crippen LogP contribution in [0, 0.1) is 0 Å². The van der Waals surface area contributed by atoms with Crippen molar-refractivity contribution >= 4 is 0 Å². The summed E-state index contributed by atoms with van der Waals surface area (Å²) in [6.07, 6.45) is 6.26. The maximum absolute atomic E-state index is 6.43. The number of hydrogen-bond donors (Lipinski definition) is 1. The molecular weight excluding hydrogens is 212 g/mol. The summed E-state index contributed by atoms with van der Waals surface area (Å²) in [4.78, 5) is 2.56. The Labute approximate surface area is 104 Å². The minimum absolute atomic E-state index is 0.100. The van der Waals surface area contributed by atoms with Gasteiger partial charge in [0, 0.05) is 18.0 Å². The molecule has 0 aliphatic carbocycles. The molecule has 1 aromatic rings. The summed E-state index contributed by atoms with van der Waals surface area (Å²) in [7, 11) is 0. The van der Waals surface area contributed by atoms with E-state index in [1.54, 1.807) is 6.26 Å². The molecule has 1 saturated heterocycles. The fraction of sp³-hybridized carbons (Fsp3) is 0.714. The first-order valence-corrected chi connectivity index (χ1v) is 6.70. The van der Waals surface area contributed by atoms with Crippen LogP contribution in [0.25, 0.3) is 0 Å². The average Bonchev–Trinajstić information content (AvgIpc) is 3.00. The van der Waals surface area contributed by atoms with Crippen molar-refractivity contribution in [3.05, 3.63) is 24.2 Å². The first-order valence-electron chi connectivity index (χ1n) is 6.70. The van der Waals surface area contributed by atoms with E-state index in [9.17, 15) is 0 Å². The normalized spacial score (nSPS) is 22.5. The number of nitrogens with zero attached hydrogens (tertiary/aromatic N) is 1. The lowest BCUT2D eigenvalue weighted by atomic mass is 9.85. The van der Waals surface area contributed by atoms with Crippen molar-refractivity contribution in [2.24, 2.45) is 5.73 Å². The van der Waals surface area contributed by atoms with E-state index in [2.05, 4.69) is 18.7 Å². The van der Waals surface area contributed by atoms with E-state index in [0.29, 0.717) is 0 Å². The van der Waals surface area contributed by atoms with E-state index < -0.39 is 0 Å². The summed E-state index contributed by atoms with van der Waals surface area (Å²) < 4.78 is 5.41. The Kier molecular flexibility index (Phi) is 3.89. The fourth-order valence-electron chi connectivity index (χ4n) is 2.81. The molecule has 1 fully saturated rings. The van der Waals surface area contributed by atoms with Gasteiger partial charge in [-0.3, -0.25) is 4.90 Å². The van der Waals surface area contributed by atoms with Crippen molar-refractivity contribution in [1.29, 1.82) is 0 Å². The van der Waals surface area contributed by atoms with Gasteiger partial charge in [0.25, 0.3) is 0 Å². The monoisotopic (exact) mass is 236 g/mol. The summed E-state index contributed by atoms with van der Waals surface area (Å²) in [6, 6.07) is 4.08. The number of likely N-dealkylation sites (tertiary alicyclic amines) is 1. The first kappa shape index (κ1) is 12.7. The fourth-order valence-corrected chi connectivity index (χ4v) is 2.81. The highest BCUT2D eigenvalue weighted by atomic mass is 16.3. The molecule has 0 aromatic carbocycles. The smallest absolute Gasteiger partial charge is 0.105 e. The van der Waals surface area contributed by atoms with Crippen molar-refractivity contribution in [2.45, 2.75) is 51.1 Å². The second-order valence-corrected chi connectivity index (χ2v) is 5.29. The molecule has 2 heterocycles. The summed E-state index contributed by atoms with van der Waals surface area (Å²) in [5.74, 6) is 0.997. The SMILES string of the molecule is CCC(C)(C(N)Cc1ccco1)N1CCCC1. The highest BCUT2D eigenvalue weighted by molar-refractivity contribution is 5.06.